The molecule has 140 valence electrons. The first-order valence-corrected chi connectivity index (χ1v) is 9.72. The van der Waals surface area contributed by atoms with Gasteiger partial charge in [0.2, 0.25) is 0 Å². The van der Waals surface area contributed by atoms with Crippen molar-refractivity contribution in [2.24, 2.45) is 0 Å². The highest BCUT2D eigenvalue weighted by molar-refractivity contribution is 5.82. The number of rotatable bonds is 6. The van der Waals surface area contributed by atoms with Crippen LogP contribution in [0.3, 0.4) is 0 Å². The van der Waals surface area contributed by atoms with Gasteiger partial charge in [-0.25, -0.2) is 4.79 Å². The fourth-order valence-corrected chi connectivity index (χ4v) is 4.08. The molecule has 0 fully saturated rings. The Morgan fingerprint density at radius 1 is 1.04 bits per heavy atom. The van der Waals surface area contributed by atoms with Crippen molar-refractivity contribution in [2.45, 2.75) is 45.7 Å². The second-order valence-electron chi connectivity index (χ2n) is 7.40. The maximum atomic E-state index is 12.1. The Balaban J connectivity index is 1.69. The van der Waals surface area contributed by atoms with E-state index < -0.39 is 0 Å². The first kappa shape index (κ1) is 17.8. The SMILES string of the molecule is CCCN(Cc1ccccc1O)Cc1cc(=O)oc2cc3c(cc12)CCC3. The van der Waals surface area contributed by atoms with Crippen LogP contribution >= 0.6 is 0 Å². The molecule has 0 atom stereocenters. The molecule has 1 heterocycles. The van der Waals surface area contributed by atoms with Gasteiger partial charge in [0.1, 0.15) is 11.3 Å². The predicted octanol–water partition coefficient (Wildman–Crippen LogP) is 4.40. The summed E-state index contributed by atoms with van der Waals surface area (Å²) in [6, 6.07) is 13.3. The summed E-state index contributed by atoms with van der Waals surface area (Å²) >= 11 is 0. The highest BCUT2D eigenvalue weighted by atomic mass is 16.4. The predicted molar refractivity (Wildman–Crippen MR) is 107 cm³/mol. The summed E-state index contributed by atoms with van der Waals surface area (Å²) in [5.74, 6) is 0.314. The van der Waals surface area contributed by atoms with Gasteiger partial charge < -0.3 is 9.52 Å². The summed E-state index contributed by atoms with van der Waals surface area (Å²) in [6.07, 6.45) is 4.33. The van der Waals surface area contributed by atoms with Crippen molar-refractivity contribution < 1.29 is 9.52 Å². The van der Waals surface area contributed by atoms with Crippen LogP contribution in [0.15, 0.2) is 51.7 Å². The number of nitrogens with zero attached hydrogens (tertiary/aromatic N) is 1. The molecule has 0 saturated heterocycles. The minimum atomic E-state index is -0.297. The summed E-state index contributed by atoms with van der Waals surface area (Å²) in [5, 5.41) is 11.2. The van der Waals surface area contributed by atoms with Gasteiger partial charge in [-0.2, -0.15) is 0 Å². The van der Waals surface area contributed by atoms with E-state index in [1.54, 1.807) is 12.1 Å². The van der Waals surface area contributed by atoms with Gasteiger partial charge in [0.05, 0.1) is 0 Å². The lowest BCUT2D eigenvalue weighted by Gasteiger charge is -2.23. The molecular weight excluding hydrogens is 338 g/mol. The number of aryl methyl sites for hydroxylation is 2. The van der Waals surface area contributed by atoms with Crippen LogP contribution in [0.25, 0.3) is 11.0 Å². The molecule has 4 heteroatoms. The van der Waals surface area contributed by atoms with E-state index in [9.17, 15) is 9.90 Å². The molecule has 0 spiro atoms. The lowest BCUT2D eigenvalue weighted by atomic mass is 10.0. The van der Waals surface area contributed by atoms with Crippen molar-refractivity contribution in [1.82, 2.24) is 4.90 Å². The molecule has 0 bridgehead atoms. The molecule has 2 aromatic carbocycles. The second-order valence-corrected chi connectivity index (χ2v) is 7.40. The Morgan fingerprint density at radius 2 is 1.78 bits per heavy atom. The third-order valence-corrected chi connectivity index (χ3v) is 5.36. The summed E-state index contributed by atoms with van der Waals surface area (Å²) in [7, 11) is 0. The number of fused-ring (bicyclic) bond motifs is 2. The third-order valence-electron chi connectivity index (χ3n) is 5.36. The number of phenols is 1. The van der Waals surface area contributed by atoms with E-state index >= 15 is 0 Å². The van der Waals surface area contributed by atoms with Gasteiger partial charge in [0, 0.05) is 30.1 Å². The zero-order valence-corrected chi connectivity index (χ0v) is 15.7. The topological polar surface area (TPSA) is 53.7 Å². The summed E-state index contributed by atoms with van der Waals surface area (Å²) in [6.45, 7) is 4.33. The van der Waals surface area contributed by atoms with Gasteiger partial charge in [-0.15, -0.1) is 0 Å². The average Bonchev–Trinajstić information content (AvgIpc) is 3.09. The molecule has 1 aliphatic rings. The molecule has 3 aromatic rings. The maximum Gasteiger partial charge on any atom is 0.336 e. The zero-order chi connectivity index (χ0) is 18.8. The van der Waals surface area contributed by atoms with Gasteiger partial charge in [-0.05, 0) is 67.1 Å². The molecule has 4 rings (SSSR count). The van der Waals surface area contributed by atoms with Crippen molar-refractivity contribution >= 4 is 11.0 Å². The lowest BCUT2D eigenvalue weighted by Crippen LogP contribution is -2.24. The molecule has 27 heavy (non-hydrogen) atoms. The summed E-state index contributed by atoms with van der Waals surface area (Å²) < 4.78 is 5.49. The molecule has 0 unspecified atom stereocenters. The highest BCUT2D eigenvalue weighted by Gasteiger charge is 2.17. The fourth-order valence-electron chi connectivity index (χ4n) is 4.08. The first-order valence-electron chi connectivity index (χ1n) is 9.72. The zero-order valence-electron chi connectivity index (χ0n) is 15.7. The maximum absolute atomic E-state index is 12.1. The van der Waals surface area contributed by atoms with Crippen LogP contribution in [0.2, 0.25) is 0 Å². The number of phenolic OH excluding ortho intramolecular Hbond substituents is 1. The molecule has 0 aliphatic heterocycles. The van der Waals surface area contributed by atoms with E-state index in [1.807, 2.05) is 18.2 Å². The van der Waals surface area contributed by atoms with Crippen LogP contribution in [-0.2, 0) is 25.9 Å². The summed E-state index contributed by atoms with van der Waals surface area (Å²) in [5.41, 5.74) is 4.98. The smallest absolute Gasteiger partial charge is 0.336 e. The molecule has 1 N–H and O–H groups in total. The van der Waals surface area contributed by atoms with Crippen molar-refractivity contribution in [1.29, 1.82) is 0 Å². The molecule has 4 nitrogen and oxygen atoms in total. The average molecular weight is 363 g/mol. The van der Waals surface area contributed by atoms with Gasteiger partial charge in [-0.1, -0.05) is 25.1 Å². The standard InChI is InChI=1S/C23H25NO3/c1-2-10-24(14-18-6-3-4-9-21(18)25)15-19-13-23(26)27-22-12-17-8-5-7-16(17)11-20(19)22/h3-4,6,9,11-13,25H,2,5,7-8,10,14-15H2,1H3. The van der Waals surface area contributed by atoms with E-state index in [4.69, 9.17) is 4.42 Å². The molecule has 0 amide bonds. The first-order chi connectivity index (χ1) is 13.1. The van der Waals surface area contributed by atoms with Crippen LogP contribution in [0.1, 0.15) is 42.0 Å². The molecule has 1 aromatic heterocycles. The van der Waals surface area contributed by atoms with E-state index in [0.717, 1.165) is 42.3 Å². The highest BCUT2D eigenvalue weighted by Crippen LogP contribution is 2.29. The van der Waals surface area contributed by atoms with Crippen LogP contribution in [0.4, 0.5) is 0 Å². The van der Waals surface area contributed by atoms with Gasteiger partial charge in [0.15, 0.2) is 0 Å². The molecule has 0 radical (unpaired) electrons. The van der Waals surface area contributed by atoms with Gasteiger partial charge >= 0.3 is 5.63 Å². The largest absolute Gasteiger partial charge is 0.508 e. The third kappa shape index (κ3) is 3.76. The number of para-hydroxylation sites is 1. The van der Waals surface area contributed by atoms with E-state index in [2.05, 4.69) is 24.0 Å². The second kappa shape index (κ2) is 7.57. The number of hydrogen-bond donors (Lipinski definition) is 1. The van der Waals surface area contributed by atoms with E-state index in [0.29, 0.717) is 24.4 Å². The lowest BCUT2D eigenvalue weighted by molar-refractivity contribution is 0.254. The minimum absolute atomic E-state index is 0.297. The Hall–Kier alpha value is -2.59. The Labute approximate surface area is 159 Å². The van der Waals surface area contributed by atoms with Crippen LogP contribution in [0, 0.1) is 0 Å². The van der Waals surface area contributed by atoms with Crippen LogP contribution in [-0.4, -0.2) is 16.6 Å². The van der Waals surface area contributed by atoms with Crippen LogP contribution in [0.5, 0.6) is 5.75 Å². The monoisotopic (exact) mass is 363 g/mol. The number of aromatic hydroxyl groups is 1. The summed E-state index contributed by atoms with van der Waals surface area (Å²) in [4.78, 5) is 14.4. The quantitative estimate of drug-likeness (QED) is 0.660. The molecular formula is C23H25NO3. The fraction of sp³-hybridized carbons (Fsp3) is 0.348. The van der Waals surface area contributed by atoms with E-state index in [-0.39, 0.29) is 5.63 Å². The van der Waals surface area contributed by atoms with Gasteiger partial charge in [0.25, 0.3) is 0 Å². The number of benzene rings is 2. The Morgan fingerprint density at radius 3 is 2.56 bits per heavy atom. The van der Waals surface area contributed by atoms with Crippen molar-refractivity contribution in [3.63, 3.8) is 0 Å². The molecule has 0 saturated carbocycles. The Kier molecular flexibility index (Phi) is 4.99. The van der Waals surface area contributed by atoms with E-state index in [1.165, 1.54) is 17.5 Å². The minimum Gasteiger partial charge on any atom is -0.508 e. The van der Waals surface area contributed by atoms with Crippen LogP contribution < -0.4 is 5.63 Å². The van der Waals surface area contributed by atoms with Gasteiger partial charge in [-0.3, -0.25) is 4.90 Å². The molecule has 1 aliphatic carbocycles. The normalized spacial score (nSPS) is 13.4. The van der Waals surface area contributed by atoms with Crippen molar-refractivity contribution in [3.8, 4) is 5.75 Å². The number of hydrogen-bond acceptors (Lipinski definition) is 4. The Bertz CT molecular complexity index is 1020. The van der Waals surface area contributed by atoms with Crippen molar-refractivity contribution in [2.75, 3.05) is 6.54 Å². The van der Waals surface area contributed by atoms with Crippen molar-refractivity contribution in [3.05, 3.63) is 75.1 Å².